The van der Waals surface area contributed by atoms with Crippen LogP contribution in [0.3, 0.4) is 0 Å². The van der Waals surface area contributed by atoms with Crippen molar-refractivity contribution in [1.29, 1.82) is 0 Å². The van der Waals surface area contributed by atoms with Gasteiger partial charge in [0.05, 0.1) is 27.5 Å². The molecule has 4 aromatic rings. The first-order chi connectivity index (χ1) is 13.8. The van der Waals surface area contributed by atoms with Crippen LogP contribution in [0, 0.1) is 13.8 Å². The predicted octanol–water partition coefficient (Wildman–Crippen LogP) is 3.12. The zero-order valence-corrected chi connectivity index (χ0v) is 16.3. The molecular formula is C19H16N4O5S. The molecule has 2 aromatic carbocycles. The van der Waals surface area contributed by atoms with Gasteiger partial charge in [0.15, 0.2) is 5.58 Å². The van der Waals surface area contributed by atoms with Crippen LogP contribution in [0.5, 0.6) is 11.8 Å². The van der Waals surface area contributed by atoms with Gasteiger partial charge in [0.25, 0.3) is 10.0 Å². The Hall–Kier alpha value is -3.66. The quantitative estimate of drug-likeness (QED) is 0.515. The van der Waals surface area contributed by atoms with Crippen molar-refractivity contribution in [2.45, 2.75) is 18.7 Å². The number of H-pyrrole nitrogens is 1. The number of aromatic amines is 1. The Morgan fingerprint density at radius 3 is 2.41 bits per heavy atom. The fourth-order valence-corrected chi connectivity index (χ4v) is 3.97. The van der Waals surface area contributed by atoms with Crippen molar-refractivity contribution >= 4 is 26.8 Å². The van der Waals surface area contributed by atoms with Crippen molar-refractivity contribution in [1.82, 2.24) is 15.0 Å². The number of rotatable bonds is 5. The van der Waals surface area contributed by atoms with Crippen molar-refractivity contribution in [3.63, 3.8) is 0 Å². The van der Waals surface area contributed by atoms with Gasteiger partial charge in [-0.05, 0) is 44.2 Å². The number of anilines is 1. The molecule has 9 nitrogen and oxygen atoms in total. The molecule has 10 heteroatoms. The van der Waals surface area contributed by atoms with E-state index in [-0.39, 0.29) is 27.7 Å². The summed E-state index contributed by atoms with van der Waals surface area (Å²) in [6.07, 6.45) is 0. The number of ether oxygens (including phenoxy) is 1. The first kappa shape index (κ1) is 18.7. The number of hydrogen-bond donors (Lipinski definition) is 2. The minimum Gasteiger partial charge on any atom is -0.424 e. The Morgan fingerprint density at radius 2 is 1.72 bits per heavy atom. The van der Waals surface area contributed by atoms with Crippen molar-refractivity contribution in [3.8, 4) is 11.8 Å². The van der Waals surface area contributed by atoms with E-state index in [1.54, 1.807) is 26.0 Å². The fourth-order valence-electron chi connectivity index (χ4n) is 2.76. The maximum Gasteiger partial charge on any atom is 0.417 e. The summed E-state index contributed by atoms with van der Waals surface area (Å²) in [4.78, 5) is 22.1. The number of benzene rings is 2. The largest absolute Gasteiger partial charge is 0.424 e. The van der Waals surface area contributed by atoms with Crippen LogP contribution in [0.15, 0.2) is 62.6 Å². The van der Waals surface area contributed by atoms with Gasteiger partial charge in [0.1, 0.15) is 5.75 Å². The van der Waals surface area contributed by atoms with Crippen LogP contribution in [0.1, 0.15) is 11.4 Å². The summed E-state index contributed by atoms with van der Waals surface area (Å²) >= 11 is 0. The number of sulfonamides is 1. The highest BCUT2D eigenvalue weighted by Crippen LogP contribution is 2.26. The highest BCUT2D eigenvalue weighted by Gasteiger charge is 2.20. The molecule has 0 atom stereocenters. The Labute approximate surface area is 165 Å². The standard InChI is InChI=1S/C19H16N4O5S/c1-11-17(12(2)21-18(20-11)27-13-6-4-3-5-7-13)23-29(25,26)14-8-9-16-15(10-14)22-19(24)28-16/h3-10,23H,1-2H3,(H,22,24). The second-order valence-corrected chi connectivity index (χ2v) is 7.93. The number of fused-ring (bicyclic) bond motifs is 1. The molecule has 0 saturated carbocycles. The van der Waals surface area contributed by atoms with Gasteiger partial charge in [-0.25, -0.2) is 13.2 Å². The second-order valence-electron chi connectivity index (χ2n) is 6.25. The van der Waals surface area contributed by atoms with Gasteiger partial charge in [-0.3, -0.25) is 9.71 Å². The van der Waals surface area contributed by atoms with E-state index < -0.39 is 15.8 Å². The molecule has 0 bridgehead atoms. The SMILES string of the molecule is Cc1nc(Oc2ccccc2)nc(C)c1NS(=O)(=O)c1ccc2oc(=O)[nH]c2c1. The number of aromatic nitrogens is 3. The summed E-state index contributed by atoms with van der Waals surface area (Å²) in [5, 5.41) is 0. The minimum absolute atomic E-state index is 0.0366. The molecule has 0 aliphatic heterocycles. The highest BCUT2D eigenvalue weighted by molar-refractivity contribution is 7.92. The average Bonchev–Trinajstić information content (AvgIpc) is 3.05. The molecule has 0 aliphatic rings. The van der Waals surface area contributed by atoms with E-state index >= 15 is 0 Å². The third-order valence-electron chi connectivity index (χ3n) is 4.14. The molecule has 0 amide bonds. The smallest absolute Gasteiger partial charge is 0.417 e. The van der Waals surface area contributed by atoms with Crippen LogP contribution in [-0.4, -0.2) is 23.4 Å². The van der Waals surface area contributed by atoms with Crippen molar-refractivity contribution in [2.24, 2.45) is 0 Å². The number of hydrogen-bond acceptors (Lipinski definition) is 7. The van der Waals surface area contributed by atoms with Crippen LogP contribution in [0.2, 0.25) is 0 Å². The lowest BCUT2D eigenvalue weighted by atomic mass is 10.3. The fraction of sp³-hybridized carbons (Fsp3) is 0.105. The van der Waals surface area contributed by atoms with Crippen LogP contribution in [0.4, 0.5) is 5.69 Å². The second kappa shape index (κ2) is 7.06. The van der Waals surface area contributed by atoms with Gasteiger partial charge >= 0.3 is 11.8 Å². The number of nitrogens with one attached hydrogen (secondary N) is 2. The third-order valence-corrected chi connectivity index (χ3v) is 5.49. The van der Waals surface area contributed by atoms with Gasteiger partial charge in [-0.2, -0.15) is 9.97 Å². The first-order valence-electron chi connectivity index (χ1n) is 8.56. The maximum absolute atomic E-state index is 12.8. The van der Waals surface area contributed by atoms with E-state index in [0.717, 1.165) is 0 Å². The molecule has 0 fully saturated rings. The summed E-state index contributed by atoms with van der Waals surface area (Å²) in [5.74, 6) is -0.0846. The lowest BCUT2D eigenvalue weighted by molar-refractivity contribution is 0.439. The van der Waals surface area contributed by atoms with Crippen molar-refractivity contribution in [3.05, 3.63) is 70.5 Å². The number of para-hydroxylation sites is 1. The van der Waals surface area contributed by atoms with Gasteiger partial charge in [-0.15, -0.1) is 0 Å². The van der Waals surface area contributed by atoms with Crippen LogP contribution in [0.25, 0.3) is 11.1 Å². The van der Waals surface area contributed by atoms with E-state index in [2.05, 4.69) is 19.7 Å². The van der Waals surface area contributed by atoms with Crippen molar-refractivity contribution in [2.75, 3.05) is 4.72 Å². The van der Waals surface area contributed by atoms with Gasteiger partial charge in [0, 0.05) is 0 Å². The summed E-state index contributed by atoms with van der Waals surface area (Å²) in [6, 6.07) is 13.2. The first-order valence-corrected chi connectivity index (χ1v) is 10.0. The van der Waals surface area contributed by atoms with Crippen molar-refractivity contribution < 1.29 is 17.6 Å². The van der Waals surface area contributed by atoms with Crippen LogP contribution >= 0.6 is 0 Å². The maximum atomic E-state index is 12.8. The summed E-state index contributed by atoms with van der Waals surface area (Å²) < 4.78 is 38.6. The molecule has 0 radical (unpaired) electrons. The molecule has 2 aromatic heterocycles. The van der Waals surface area contributed by atoms with E-state index in [1.807, 2.05) is 18.2 Å². The molecule has 0 spiro atoms. The Kier molecular flexibility index (Phi) is 4.55. The summed E-state index contributed by atoms with van der Waals surface area (Å²) in [6.45, 7) is 3.31. The number of nitrogens with zero attached hydrogens (tertiary/aromatic N) is 2. The molecule has 148 valence electrons. The zero-order chi connectivity index (χ0) is 20.6. The molecule has 0 saturated heterocycles. The molecule has 0 unspecified atom stereocenters. The molecule has 0 aliphatic carbocycles. The van der Waals surface area contributed by atoms with E-state index in [9.17, 15) is 13.2 Å². The molecule has 2 N–H and O–H groups in total. The predicted molar refractivity (Wildman–Crippen MR) is 106 cm³/mol. The zero-order valence-electron chi connectivity index (χ0n) is 15.5. The van der Waals surface area contributed by atoms with E-state index in [4.69, 9.17) is 9.15 Å². The lowest BCUT2D eigenvalue weighted by Gasteiger charge is -2.13. The van der Waals surface area contributed by atoms with Gasteiger partial charge in [-0.1, -0.05) is 18.2 Å². The normalized spacial score (nSPS) is 11.5. The monoisotopic (exact) mass is 412 g/mol. The molecule has 2 heterocycles. The highest BCUT2D eigenvalue weighted by atomic mass is 32.2. The molecule has 29 heavy (non-hydrogen) atoms. The number of aryl methyl sites for hydroxylation is 2. The average molecular weight is 412 g/mol. The third kappa shape index (κ3) is 3.83. The summed E-state index contributed by atoms with van der Waals surface area (Å²) in [7, 11) is -3.95. The van der Waals surface area contributed by atoms with Gasteiger partial charge in [0.2, 0.25) is 0 Å². The summed E-state index contributed by atoms with van der Waals surface area (Å²) in [5.41, 5.74) is 1.63. The topological polar surface area (TPSA) is 127 Å². The minimum atomic E-state index is -3.95. The van der Waals surface area contributed by atoms with Crippen LogP contribution in [-0.2, 0) is 10.0 Å². The molecular weight excluding hydrogens is 396 g/mol. The van der Waals surface area contributed by atoms with E-state index in [1.165, 1.54) is 18.2 Å². The Morgan fingerprint density at radius 1 is 1.03 bits per heavy atom. The number of oxazole rings is 1. The lowest BCUT2D eigenvalue weighted by Crippen LogP contribution is -2.16. The Bertz CT molecular complexity index is 1340. The van der Waals surface area contributed by atoms with E-state index in [0.29, 0.717) is 17.1 Å². The Balaban J connectivity index is 1.64. The molecule has 4 rings (SSSR count). The van der Waals surface area contributed by atoms with Gasteiger partial charge < -0.3 is 9.15 Å². The van der Waals surface area contributed by atoms with Crippen LogP contribution < -0.4 is 15.2 Å².